The van der Waals surface area contributed by atoms with Gasteiger partial charge in [0.1, 0.15) is 0 Å². The molecule has 0 aromatic heterocycles. The minimum absolute atomic E-state index is 0.184. The van der Waals surface area contributed by atoms with Gasteiger partial charge in [0, 0.05) is 0 Å². The van der Waals surface area contributed by atoms with E-state index in [0.29, 0.717) is 6.42 Å². The minimum Gasteiger partial charge on any atom is -0.263 e. The van der Waals surface area contributed by atoms with E-state index >= 15 is 0 Å². The molecule has 0 N–H and O–H groups in total. The highest BCUT2D eigenvalue weighted by Gasteiger charge is 2.18. The highest BCUT2D eigenvalue weighted by Crippen LogP contribution is 2.16. The third-order valence-corrected chi connectivity index (χ3v) is 3.39. The number of rotatable bonds is 5. The number of hydrogen-bond donors (Lipinski definition) is 0. The quantitative estimate of drug-likeness (QED) is 0.587. The molecule has 4 heteroatoms. The van der Waals surface area contributed by atoms with Gasteiger partial charge in [0.15, 0.2) is 0 Å². The molecule has 3 nitrogen and oxygen atoms in total. The van der Waals surface area contributed by atoms with Crippen molar-refractivity contribution >= 4 is 10.1 Å². The van der Waals surface area contributed by atoms with E-state index in [1.807, 2.05) is 6.92 Å². The molecule has 0 aliphatic heterocycles. The fraction of sp³-hybridized carbons (Fsp3) is 0.333. The Bertz CT molecular complexity index is 448. The van der Waals surface area contributed by atoms with E-state index in [0.717, 1.165) is 5.57 Å². The molecule has 0 radical (unpaired) electrons. The molecule has 1 aromatic rings. The van der Waals surface area contributed by atoms with Crippen LogP contribution < -0.4 is 0 Å². The molecule has 1 rings (SSSR count). The molecule has 1 atom stereocenters. The number of benzene rings is 1. The minimum atomic E-state index is -3.65. The molecule has 0 saturated heterocycles. The summed E-state index contributed by atoms with van der Waals surface area (Å²) in [6, 6.07) is 8.13. The van der Waals surface area contributed by atoms with Crippen molar-refractivity contribution in [1.82, 2.24) is 0 Å². The summed E-state index contributed by atoms with van der Waals surface area (Å²) in [4.78, 5) is 0.184. The first-order valence-electron chi connectivity index (χ1n) is 5.04. The molecule has 0 unspecified atom stereocenters. The van der Waals surface area contributed by atoms with Gasteiger partial charge in [-0.1, -0.05) is 23.8 Å². The summed E-state index contributed by atoms with van der Waals surface area (Å²) in [5.41, 5.74) is 0.899. The van der Waals surface area contributed by atoms with Gasteiger partial charge < -0.3 is 0 Å². The SMILES string of the molecule is C=C(C)C[C@@H](C)OS(=O)(=O)c1ccccc1. The first-order chi connectivity index (χ1) is 7.42. The molecule has 0 aliphatic carbocycles. The Kier molecular flexibility index (Phi) is 4.26. The maximum Gasteiger partial charge on any atom is 0.297 e. The molecular weight excluding hydrogens is 224 g/mol. The Labute approximate surface area is 96.9 Å². The summed E-state index contributed by atoms with van der Waals surface area (Å²) < 4.78 is 28.6. The summed E-state index contributed by atoms with van der Waals surface area (Å²) in [6.07, 6.45) is 0.147. The largest absolute Gasteiger partial charge is 0.297 e. The summed E-state index contributed by atoms with van der Waals surface area (Å²) in [5, 5.41) is 0. The molecule has 1 aromatic carbocycles. The summed E-state index contributed by atoms with van der Waals surface area (Å²) >= 11 is 0. The molecular formula is C12H16O3S. The first-order valence-corrected chi connectivity index (χ1v) is 6.45. The zero-order valence-electron chi connectivity index (χ0n) is 9.51. The Morgan fingerprint density at radius 1 is 1.38 bits per heavy atom. The molecule has 16 heavy (non-hydrogen) atoms. The smallest absolute Gasteiger partial charge is 0.263 e. The zero-order valence-corrected chi connectivity index (χ0v) is 10.3. The van der Waals surface area contributed by atoms with Crippen LogP contribution in [-0.2, 0) is 14.3 Å². The zero-order chi connectivity index (χ0) is 12.2. The van der Waals surface area contributed by atoms with Gasteiger partial charge >= 0.3 is 0 Å². The van der Waals surface area contributed by atoms with E-state index in [1.54, 1.807) is 25.1 Å². The van der Waals surface area contributed by atoms with Gasteiger partial charge in [0.05, 0.1) is 11.0 Å². The second kappa shape index (κ2) is 5.27. The lowest BCUT2D eigenvalue weighted by atomic mass is 10.2. The average molecular weight is 240 g/mol. The highest BCUT2D eigenvalue weighted by atomic mass is 32.2. The van der Waals surface area contributed by atoms with Crippen molar-refractivity contribution < 1.29 is 12.6 Å². The summed E-state index contributed by atoms with van der Waals surface area (Å²) in [7, 11) is -3.65. The maximum atomic E-state index is 11.8. The van der Waals surface area contributed by atoms with Crippen LogP contribution in [-0.4, -0.2) is 14.5 Å². The van der Waals surface area contributed by atoms with Gasteiger partial charge in [-0.05, 0) is 32.4 Å². The highest BCUT2D eigenvalue weighted by molar-refractivity contribution is 7.86. The van der Waals surface area contributed by atoms with Crippen molar-refractivity contribution in [3.63, 3.8) is 0 Å². The van der Waals surface area contributed by atoms with E-state index < -0.39 is 10.1 Å². The van der Waals surface area contributed by atoms with E-state index in [4.69, 9.17) is 4.18 Å². The molecule has 0 spiro atoms. The van der Waals surface area contributed by atoms with Crippen LogP contribution in [0.4, 0.5) is 0 Å². The van der Waals surface area contributed by atoms with Crippen LogP contribution in [0, 0.1) is 0 Å². The Balaban J connectivity index is 2.77. The van der Waals surface area contributed by atoms with Crippen LogP contribution in [0.5, 0.6) is 0 Å². The van der Waals surface area contributed by atoms with Crippen molar-refractivity contribution in [3.05, 3.63) is 42.5 Å². The third kappa shape index (κ3) is 3.79. The Morgan fingerprint density at radius 3 is 2.44 bits per heavy atom. The molecule has 0 aliphatic rings. The lowest BCUT2D eigenvalue weighted by molar-refractivity contribution is 0.229. The second-order valence-corrected chi connectivity index (χ2v) is 5.41. The normalized spacial score (nSPS) is 13.4. The standard InChI is InChI=1S/C12H16O3S/c1-10(2)9-11(3)15-16(13,14)12-7-5-4-6-8-12/h4-8,11H,1,9H2,2-3H3/t11-/m1/s1. The number of hydrogen-bond acceptors (Lipinski definition) is 3. The molecule has 0 fully saturated rings. The summed E-state index contributed by atoms with van der Waals surface area (Å²) in [6.45, 7) is 7.28. The molecule has 0 saturated carbocycles. The van der Waals surface area contributed by atoms with E-state index in [9.17, 15) is 8.42 Å². The maximum absolute atomic E-state index is 11.8. The van der Waals surface area contributed by atoms with Crippen molar-refractivity contribution in [2.75, 3.05) is 0 Å². The van der Waals surface area contributed by atoms with Gasteiger partial charge in [-0.2, -0.15) is 8.42 Å². The van der Waals surface area contributed by atoms with Crippen molar-refractivity contribution in [2.24, 2.45) is 0 Å². The van der Waals surface area contributed by atoms with Crippen LogP contribution in [0.2, 0.25) is 0 Å². The molecule has 88 valence electrons. The predicted molar refractivity (Wildman–Crippen MR) is 63.6 cm³/mol. The monoisotopic (exact) mass is 240 g/mol. The van der Waals surface area contributed by atoms with E-state index in [2.05, 4.69) is 6.58 Å². The van der Waals surface area contributed by atoms with Crippen molar-refractivity contribution in [3.8, 4) is 0 Å². The fourth-order valence-corrected chi connectivity index (χ4v) is 2.49. The van der Waals surface area contributed by atoms with Gasteiger partial charge in [-0.3, -0.25) is 4.18 Å². The van der Waals surface area contributed by atoms with Gasteiger partial charge in [0.25, 0.3) is 10.1 Å². The van der Waals surface area contributed by atoms with E-state index in [1.165, 1.54) is 12.1 Å². The van der Waals surface area contributed by atoms with Crippen LogP contribution in [0.3, 0.4) is 0 Å². The lowest BCUT2D eigenvalue weighted by Crippen LogP contribution is -2.15. The van der Waals surface area contributed by atoms with Crippen LogP contribution >= 0.6 is 0 Å². The predicted octanol–water partition coefficient (Wildman–Crippen LogP) is 2.75. The topological polar surface area (TPSA) is 43.4 Å². The fourth-order valence-electron chi connectivity index (χ4n) is 1.38. The van der Waals surface area contributed by atoms with Crippen molar-refractivity contribution in [2.45, 2.75) is 31.3 Å². The van der Waals surface area contributed by atoms with Crippen LogP contribution in [0.15, 0.2) is 47.4 Å². The van der Waals surface area contributed by atoms with E-state index in [-0.39, 0.29) is 11.0 Å². The van der Waals surface area contributed by atoms with Crippen LogP contribution in [0.1, 0.15) is 20.3 Å². The van der Waals surface area contributed by atoms with Crippen molar-refractivity contribution in [1.29, 1.82) is 0 Å². The summed E-state index contributed by atoms with van der Waals surface area (Å²) in [5.74, 6) is 0. The first kappa shape index (κ1) is 12.9. The van der Waals surface area contributed by atoms with Gasteiger partial charge in [-0.25, -0.2) is 0 Å². The second-order valence-electron chi connectivity index (χ2n) is 3.84. The van der Waals surface area contributed by atoms with Gasteiger partial charge in [-0.15, -0.1) is 6.58 Å². The Morgan fingerprint density at radius 2 is 1.94 bits per heavy atom. The van der Waals surface area contributed by atoms with Gasteiger partial charge in [0.2, 0.25) is 0 Å². The Hall–Kier alpha value is -1.13. The molecule has 0 amide bonds. The molecule has 0 bridgehead atoms. The molecule has 0 heterocycles. The average Bonchev–Trinajstić information content (AvgIpc) is 2.16. The third-order valence-electron chi connectivity index (χ3n) is 1.96. The lowest BCUT2D eigenvalue weighted by Gasteiger charge is -2.12. The van der Waals surface area contributed by atoms with Crippen LogP contribution in [0.25, 0.3) is 0 Å².